The van der Waals surface area contributed by atoms with Crippen molar-refractivity contribution in [3.8, 4) is 33.9 Å². The van der Waals surface area contributed by atoms with Gasteiger partial charge >= 0.3 is 0 Å². The summed E-state index contributed by atoms with van der Waals surface area (Å²) in [6.07, 6.45) is 0. The van der Waals surface area contributed by atoms with E-state index < -0.39 is 0 Å². The first kappa shape index (κ1) is 24.4. The lowest BCUT2D eigenvalue weighted by Gasteiger charge is -2.16. The summed E-state index contributed by atoms with van der Waals surface area (Å²) in [5.74, 6) is 2.02. The predicted molar refractivity (Wildman–Crippen MR) is 172 cm³/mol. The molecule has 4 aromatic carbocycles. The second kappa shape index (κ2) is 9.64. The highest BCUT2D eigenvalue weighted by Gasteiger charge is 2.29. The van der Waals surface area contributed by atoms with E-state index in [9.17, 15) is 0 Å². The maximum atomic E-state index is 5.15. The molecule has 0 N–H and O–H groups in total. The lowest BCUT2D eigenvalue weighted by Crippen LogP contribution is -2.08. The van der Waals surface area contributed by atoms with Crippen LogP contribution in [0.2, 0.25) is 0 Å². The molecule has 0 aliphatic carbocycles. The second-order valence-electron chi connectivity index (χ2n) is 10.9. The van der Waals surface area contributed by atoms with Crippen LogP contribution in [0.25, 0.3) is 61.2 Å². The molecule has 0 saturated carbocycles. The molecule has 1 atom stereocenters. The van der Waals surface area contributed by atoms with Gasteiger partial charge in [-0.3, -0.25) is 0 Å². The molecule has 4 nitrogen and oxygen atoms in total. The molecule has 4 heteroatoms. The van der Waals surface area contributed by atoms with E-state index in [0.717, 1.165) is 17.0 Å². The number of rotatable bonds is 5. The molecule has 200 valence electrons. The van der Waals surface area contributed by atoms with Crippen molar-refractivity contribution in [2.45, 2.75) is 19.8 Å². The van der Waals surface area contributed by atoms with Gasteiger partial charge in [0.05, 0.1) is 16.6 Å². The van der Waals surface area contributed by atoms with Crippen molar-refractivity contribution in [3.63, 3.8) is 0 Å². The Morgan fingerprint density at radius 2 is 1.12 bits per heavy atom. The number of aromatic nitrogens is 4. The molecule has 4 heterocycles. The number of hydrogen-bond acceptors (Lipinski definition) is 3. The normalized spacial score (nSPS) is 12.4. The van der Waals surface area contributed by atoms with Crippen LogP contribution in [0.1, 0.15) is 29.8 Å². The van der Waals surface area contributed by atoms with Crippen molar-refractivity contribution in [2.75, 3.05) is 0 Å². The van der Waals surface area contributed by atoms with Crippen LogP contribution in [0.15, 0.2) is 127 Å². The van der Waals surface area contributed by atoms with Crippen molar-refractivity contribution in [1.29, 1.82) is 0 Å². The first-order chi connectivity index (χ1) is 20.7. The van der Waals surface area contributed by atoms with Crippen LogP contribution >= 0.6 is 0 Å². The molecule has 0 fully saturated rings. The van der Waals surface area contributed by atoms with Gasteiger partial charge in [-0.15, -0.1) is 0 Å². The smallest absolute Gasteiger partial charge is 0.163 e. The quantitative estimate of drug-likeness (QED) is 0.218. The molecule has 0 saturated heterocycles. The molecule has 0 amide bonds. The van der Waals surface area contributed by atoms with Gasteiger partial charge in [0.2, 0.25) is 0 Å². The summed E-state index contributed by atoms with van der Waals surface area (Å²) in [4.78, 5) is 15.2. The van der Waals surface area contributed by atoms with E-state index in [-0.39, 0.29) is 5.92 Å². The third-order valence-electron chi connectivity index (χ3n) is 8.40. The largest absolute Gasteiger partial charge is 0.308 e. The fourth-order valence-electron chi connectivity index (χ4n) is 6.42. The summed E-state index contributed by atoms with van der Waals surface area (Å²) in [6, 6.07) is 44.4. The van der Waals surface area contributed by atoms with E-state index in [1.807, 2.05) is 36.4 Å². The number of benzene rings is 4. The Labute approximate surface area is 244 Å². The minimum atomic E-state index is -0.110. The molecule has 0 aliphatic rings. The van der Waals surface area contributed by atoms with Crippen molar-refractivity contribution in [1.82, 2.24) is 19.4 Å². The Hall–Kier alpha value is -5.35. The lowest BCUT2D eigenvalue weighted by atomic mass is 9.89. The summed E-state index contributed by atoms with van der Waals surface area (Å²) in [5.41, 5.74) is 10.6. The van der Waals surface area contributed by atoms with Crippen LogP contribution in [-0.4, -0.2) is 19.4 Å². The van der Waals surface area contributed by atoms with Crippen molar-refractivity contribution in [3.05, 3.63) is 144 Å². The molecule has 8 aromatic rings. The summed E-state index contributed by atoms with van der Waals surface area (Å²) >= 11 is 0. The Morgan fingerprint density at radius 3 is 1.79 bits per heavy atom. The molecule has 0 radical (unpaired) electrons. The Bertz CT molecular complexity index is 2160. The van der Waals surface area contributed by atoms with E-state index in [4.69, 9.17) is 15.0 Å². The predicted octanol–water partition coefficient (Wildman–Crippen LogP) is 9.33. The molecule has 0 aliphatic heterocycles. The van der Waals surface area contributed by atoms with Crippen LogP contribution < -0.4 is 0 Å². The van der Waals surface area contributed by atoms with Gasteiger partial charge < -0.3 is 4.40 Å². The Morgan fingerprint density at radius 1 is 0.548 bits per heavy atom. The molecule has 42 heavy (non-hydrogen) atoms. The van der Waals surface area contributed by atoms with Gasteiger partial charge in [-0.25, -0.2) is 15.0 Å². The van der Waals surface area contributed by atoms with Gasteiger partial charge in [0.1, 0.15) is 5.82 Å². The standard InChI is InChI=1S/C38H28N4/c1-24-14-9-10-19-28(24)34-32-23-13-22-31-29-20-11-12-21-30(29)35(42(31)32)33(34)25(2)36-39-37(26-15-5-3-6-16-26)41-38(40-36)27-17-7-4-8-18-27/h3-23,25H,1-2H3. The zero-order chi connectivity index (χ0) is 28.2. The van der Waals surface area contributed by atoms with Gasteiger partial charge in [0.25, 0.3) is 0 Å². The topological polar surface area (TPSA) is 43.1 Å². The first-order valence-electron chi connectivity index (χ1n) is 14.4. The Balaban J connectivity index is 1.46. The van der Waals surface area contributed by atoms with Crippen molar-refractivity contribution in [2.24, 2.45) is 0 Å². The molecular formula is C38H28N4. The van der Waals surface area contributed by atoms with E-state index in [1.54, 1.807) is 0 Å². The van der Waals surface area contributed by atoms with Crippen molar-refractivity contribution < 1.29 is 0 Å². The van der Waals surface area contributed by atoms with Crippen LogP contribution in [0.3, 0.4) is 0 Å². The number of fused-ring (bicyclic) bond motifs is 3. The van der Waals surface area contributed by atoms with E-state index >= 15 is 0 Å². The summed E-state index contributed by atoms with van der Waals surface area (Å²) in [6.45, 7) is 4.44. The van der Waals surface area contributed by atoms with Gasteiger partial charge in [-0.2, -0.15) is 0 Å². The monoisotopic (exact) mass is 540 g/mol. The van der Waals surface area contributed by atoms with Gasteiger partial charge in [-0.05, 0) is 35.7 Å². The SMILES string of the molecule is Cc1ccccc1-c1c(C(C)c2nc(-c3ccccc3)nc(-c3ccccc3)n2)c2c3ccccc3c3cccc1n32. The highest BCUT2D eigenvalue weighted by Crippen LogP contribution is 2.46. The fourth-order valence-corrected chi connectivity index (χ4v) is 6.42. The average Bonchev–Trinajstić information content (AvgIpc) is 3.57. The minimum Gasteiger partial charge on any atom is -0.308 e. The highest BCUT2D eigenvalue weighted by atomic mass is 15.0. The highest BCUT2D eigenvalue weighted by molar-refractivity contribution is 6.14. The number of pyridine rings is 1. The van der Waals surface area contributed by atoms with Gasteiger partial charge in [0, 0.05) is 33.4 Å². The lowest BCUT2D eigenvalue weighted by molar-refractivity contribution is 0.812. The maximum absolute atomic E-state index is 5.15. The third kappa shape index (κ3) is 3.72. The van der Waals surface area contributed by atoms with Gasteiger partial charge in [-0.1, -0.05) is 122 Å². The first-order valence-corrected chi connectivity index (χ1v) is 14.4. The molecule has 0 spiro atoms. The molecule has 8 rings (SSSR count). The number of nitrogens with zero attached hydrogens (tertiary/aromatic N) is 4. The zero-order valence-electron chi connectivity index (χ0n) is 23.5. The molecule has 1 unspecified atom stereocenters. The minimum absolute atomic E-state index is 0.110. The van der Waals surface area contributed by atoms with E-state index in [0.29, 0.717) is 11.6 Å². The third-order valence-corrected chi connectivity index (χ3v) is 8.40. The molecular weight excluding hydrogens is 512 g/mol. The molecule has 4 aromatic heterocycles. The fraction of sp³-hybridized carbons (Fsp3) is 0.0789. The zero-order valence-corrected chi connectivity index (χ0v) is 23.5. The maximum Gasteiger partial charge on any atom is 0.163 e. The van der Waals surface area contributed by atoms with Crippen LogP contribution in [0, 0.1) is 6.92 Å². The molecule has 0 bridgehead atoms. The summed E-state index contributed by atoms with van der Waals surface area (Å²) in [5, 5.41) is 2.50. The second-order valence-corrected chi connectivity index (χ2v) is 10.9. The van der Waals surface area contributed by atoms with Crippen LogP contribution in [0.5, 0.6) is 0 Å². The summed E-state index contributed by atoms with van der Waals surface area (Å²) < 4.78 is 2.44. The van der Waals surface area contributed by atoms with Crippen LogP contribution in [0.4, 0.5) is 0 Å². The Kier molecular flexibility index (Phi) is 5.61. The summed E-state index contributed by atoms with van der Waals surface area (Å²) in [7, 11) is 0. The van der Waals surface area contributed by atoms with E-state index in [2.05, 4.69) is 109 Å². The van der Waals surface area contributed by atoms with Crippen LogP contribution in [-0.2, 0) is 0 Å². The van der Waals surface area contributed by atoms with E-state index in [1.165, 1.54) is 49.6 Å². The average molecular weight is 541 g/mol. The van der Waals surface area contributed by atoms with Gasteiger partial charge in [0.15, 0.2) is 11.6 Å². The number of aryl methyl sites for hydroxylation is 1. The number of hydrogen-bond donors (Lipinski definition) is 0. The van der Waals surface area contributed by atoms with Crippen molar-refractivity contribution >= 4 is 27.3 Å².